The number of piperazine rings is 1. The fraction of sp³-hybridized carbons (Fsp3) is 0.417. The first-order valence-corrected chi connectivity index (χ1v) is 11.6. The zero-order valence-electron chi connectivity index (χ0n) is 17.9. The number of carbonyl (C=O) groups excluding carboxylic acids is 1. The zero-order chi connectivity index (χ0) is 20.9. The SMILES string of the molecule is Cc1cc(C)c2nc(N3CCN(CCNC(=O)CCc4ccccc4)CC3)sc2c1. The second-order valence-electron chi connectivity index (χ2n) is 8.09. The van der Waals surface area contributed by atoms with Gasteiger partial charge in [-0.3, -0.25) is 9.69 Å². The van der Waals surface area contributed by atoms with Crippen LogP contribution in [0.25, 0.3) is 10.2 Å². The molecule has 0 unspecified atom stereocenters. The Bertz CT molecular complexity index is 993. The number of benzene rings is 2. The van der Waals surface area contributed by atoms with Crippen molar-refractivity contribution in [3.63, 3.8) is 0 Å². The van der Waals surface area contributed by atoms with Gasteiger partial charge in [-0.1, -0.05) is 47.7 Å². The van der Waals surface area contributed by atoms with E-state index >= 15 is 0 Å². The number of aryl methyl sites for hydroxylation is 3. The van der Waals surface area contributed by atoms with Crippen LogP contribution in [0.15, 0.2) is 42.5 Å². The number of fused-ring (bicyclic) bond motifs is 1. The molecule has 1 saturated heterocycles. The van der Waals surface area contributed by atoms with Crippen LogP contribution < -0.4 is 10.2 Å². The second kappa shape index (κ2) is 9.58. The van der Waals surface area contributed by atoms with E-state index in [4.69, 9.17) is 4.98 Å². The van der Waals surface area contributed by atoms with Crippen LogP contribution in [0.2, 0.25) is 0 Å². The maximum absolute atomic E-state index is 12.1. The summed E-state index contributed by atoms with van der Waals surface area (Å²) >= 11 is 1.80. The summed E-state index contributed by atoms with van der Waals surface area (Å²) in [6.45, 7) is 9.90. The second-order valence-corrected chi connectivity index (χ2v) is 9.10. The van der Waals surface area contributed by atoms with Gasteiger partial charge in [0.2, 0.25) is 5.91 Å². The summed E-state index contributed by atoms with van der Waals surface area (Å²) in [6.07, 6.45) is 1.35. The van der Waals surface area contributed by atoms with Gasteiger partial charge in [-0.25, -0.2) is 4.98 Å². The molecule has 2 heterocycles. The molecule has 0 aliphatic carbocycles. The Labute approximate surface area is 182 Å². The van der Waals surface area contributed by atoms with E-state index in [1.54, 1.807) is 11.3 Å². The lowest BCUT2D eigenvalue weighted by Gasteiger charge is -2.34. The molecule has 3 aromatic rings. The topological polar surface area (TPSA) is 48.5 Å². The average Bonchev–Trinajstić information content (AvgIpc) is 3.18. The van der Waals surface area contributed by atoms with E-state index in [0.717, 1.165) is 49.8 Å². The highest BCUT2D eigenvalue weighted by atomic mass is 32.1. The Hall–Kier alpha value is -2.44. The lowest BCUT2D eigenvalue weighted by atomic mass is 10.1. The molecule has 1 amide bonds. The third-order valence-electron chi connectivity index (χ3n) is 5.70. The van der Waals surface area contributed by atoms with Gasteiger partial charge in [-0.15, -0.1) is 0 Å². The molecule has 1 aromatic heterocycles. The van der Waals surface area contributed by atoms with Crippen molar-refractivity contribution >= 4 is 32.6 Å². The number of rotatable bonds is 7. The third kappa shape index (κ3) is 5.18. The van der Waals surface area contributed by atoms with Gasteiger partial charge in [0.15, 0.2) is 5.13 Å². The third-order valence-corrected chi connectivity index (χ3v) is 6.76. The monoisotopic (exact) mass is 422 g/mol. The predicted octanol–water partition coefficient (Wildman–Crippen LogP) is 3.78. The zero-order valence-corrected chi connectivity index (χ0v) is 18.7. The van der Waals surface area contributed by atoms with Crippen LogP contribution in [0, 0.1) is 13.8 Å². The van der Waals surface area contributed by atoms with Gasteiger partial charge in [0.1, 0.15) is 0 Å². The summed E-state index contributed by atoms with van der Waals surface area (Å²) in [5.74, 6) is 0.137. The smallest absolute Gasteiger partial charge is 0.220 e. The number of hydrogen-bond donors (Lipinski definition) is 1. The predicted molar refractivity (Wildman–Crippen MR) is 126 cm³/mol. The largest absolute Gasteiger partial charge is 0.355 e. The minimum Gasteiger partial charge on any atom is -0.355 e. The number of aromatic nitrogens is 1. The number of hydrogen-bond acceptors (Lipinski definition) is 5. The summed E-state index contributed by atoms with van der Waals surface area (Å²) in [4.78, 5) is 21.8. The van der Waals surface area contributed by atoms with Crippen LogP contribution in [0.1, 0.15) is 23.1 Å². The van der Waals surface area contributed by atoms with E-state index in [-0.39, 0.29) is 5.91 Å². The Kier molecular flexibility index (Phi) is 6.65. The lowest BCUT2D eigenvalue weighted by molar-refractivity contribution is -0.121. The van der Waals surface area contributed by atoms with Gasteiger partial charge in [0, 0.05) is 45.7 Å². The fourth-order valence-electron chi connectivity index (χ4n) is 4.00. The van der Waals surface area contributed by atoms with Crippen molar-refractivity contribution < 1.29 is 4.79 Å². The van der Waals surface area contributed by atoms with Crippen LogP contribution in [-0.4, -0.2) is 55.1 Å². The molecule has 1 aliphatic rings. The summed E-state index contributed by atoms with van der Waals surface area (Å²) in [5, 5.41) is 4.20. The van der Waals surface area contributed by atoms with E-state index in [0.29, 0.717) is 13.0 Å². The molecule has 2 aromatic carbocycles. The van der Waals surface area contributed by atoms with Crippen molar-refractivity contribution in [2.24, 2.45) is 0 Å². The minimum absolute atomic E-state index is 0.137. The number of carbonyl (C=O) groups is 1. The number of amides is 1. The molecule has 6 heteroatoms. The Morgan fingerprint density at radius 1 is 1.10 bits per heavy atom. The highest BCUT2D eigenvalue weighted by molar-refractivity contribution is 7.22. The first-order chi connectivity index (χ1) is 14.6. The average molecular weight is 423 g/mol. The van der Waals surface area contributed by atoms with Gasteiger partial charge < -0.3 is 10.2 Å². The normalized spacial score (nSPS) is 14.9. The van der Waals surface area contributed by atoms with Crippen molar-refractivity contribution in [1.82, 2.24) is 15.2 Å². The lowest BCUT2D eigenvalue weighted by Crippen LogP contribution is -2.48. The standard InChI is InChI=1S/C24H30N4OS/c1-18-16-19(2)23-21(17-18)30-24(26-23)28-14-12-27(13-15-28)11-10-25-22(29)9-8-20-6-4-3-5-7-20/h3-7,16-17H,8-15H2,1-2H3,(H,25,29). The molecule has 0 radical (unpaired) electrons. The van der Waals surface area contributed by atoms with Crippen LogP contribution in [-0.2, 0) is 11.2 Å². The van der Waals surface area contributed by atoms with Gasteiger partial charge in [-0.05, 0) is 43.0 Å². The summed E-state index contributed by atoms with van der Waals surface area (Å²) in [5.41, 5.74) is 4.91. The van der Waals surface area contributed by atoms with Gasteiger partial charge in [0.05, 0.1) is 10.2 Å². The number of thiazole rings is 1. The highest BCUT2D eigenvalue weighted by Crippen LogP contribution is 2.32. The summed E-state index contributed by atoms with van der Waals surface area (Å²) in [6, 6.07) is 14.6. The van der Waals surface area contributed by atoms with Crippen molar-refractivity contribution in [2.75, 3.05) is 44.2 Å². The van der Waals surface area contributed by atoms with E-state index in [1.165, 1.54) is 21.4 Å². The minimum atomic E-state index is 0.137. The first-order valence-electron chi connectivity index (χ1n) is 10.7. The number of nitrogens with one attached hydrogen (secondary N) is 1. The Balaban J connectivity index is 1.19. The molecule has 1 fully saturated rings. The highest BCUT2D eigenvalue weighted by Gasteiger charge is 2.20. The van der Waals surface area contributed by atoms with Crippen molar-refractivity contribution in [2.45, 2.75) is 26.7 Å². The Morgan fingerprint density at radius 3 is 2.63 bits per heavy atom. The van der Waals surface area contributed by atoms with Crippen LogP contribution in [0.5, 0.6) is 0 Å². The van der Waals surface area contributed by atoms with Gasteiger partial charge in [0.25, 0.3) is 0 Å². The van der Waals surface area contributed by atoms with E-state index < -0.39 is 0 Å². The van der Waals surface area contributed by atoms with E-state index in [2.05, 4.69) is 53.2 Å². The molecule has 158 valence electrons. The van der Waals surface area contributed by atoms with Crippen LogP contribution >= 0.6 is 11.3 Å². The molecule has 1 N–H and O–H groups in total. The van der Waals surface area contributed by atoms with Crippen LogP contribution in [0.3, 0.4) is 0 Å². The van der Waals surface area contributed by atoms with Crippen molar-refractivity contribution in [1.29, 1.82) is 0 Å². The number of anilines is 1. The van der Waals surface area contributed by atoms with Crippen molar-refractivity contribution in [3.8, 4) is 0 Å². The summed E-state index contributed by atoms with van der Waals surface area (Å²) in [7, 11) is 0. The number of nitrogens with zero attached hydrogens (tertiary/aromatic N) is 3. The Morgan fingerprint density at radius 2 is 1.87 bits per heavy atom. The molecule has 0 saturated carbocycles. The summed E-state index contributed by atoms with van der Waals surface area (Å²) < 4.78 is 1.28. The molecular weight excluding hydrogens is 392 g/mol. The van der Waals surface area contributed by atoms with E-state index in [9.17, 15) is 4.79 Å². The molecule has 0 atom stereocenters. The molecular formula is C24H30N4OS. The maximum atomic E-state index is 12.1. The maximum Gasteiger partial charge on any atom is 0.220 e. The van der Waals surface area contributed by atoms with Crippen LogP contribution in [0.4, 0.5) is 5.13 Å². The molecule has 30 heavy (non-hydrogen) atoms. The molecule has 5 nitrogen and oxygen atoms in total. The fourth-order valence-corrected chi connectivity index (χ4v) is 5.19. The molecule has 0 spiro atoms. The molecule has 1 aliphatic heterocycles. The quantitative estimate of drug-likeness (QED) is 0.629. The van der Waals surface area contributed by atoms with Crippen molar-refractivity contribution in [3.05, 3.63) is 59.2 Å². The molecule has 4 rings (SSSR count). The first kappa shape index (κ1) is 20.8. The van der Waals surface area contributed by atoms with Gasteiger partial charge >= 0.3 is 0 Å². The van der Waals surface area contributed by atoms with Gasteiger partial charge in [-0.2, -0.15) is 0 Å². The van der Waals surface area contributed by atoms with E-state index in [1.807, 2.05) is 18.2 Å². The molecule has 0 bridgehead atoms.